The number of aliphatic hydroxyl groups excluding tert-OH is 1. The van der Waals surface area contributed by atoms with Crippen molar-refractivity contribution in [3.05, 3.63) is 30.5 Å². The van der Waals surface area contributed by atoms with Gasteiger partial charge in [0.05, 0.1) is 6.10 Å². The number of nitrogens with zero attached hydrogens (tertiary/aromatic N) is 1. The van der Waals surface area contributed by atoms with Crippen LogP contribution in [0.5, 0.6) is 0 Å². The molecular formula is C16H21N3O2. The molecule has 1 aromatic carbocycles. The van der Waals surface area contributed by atoms with Crippen LogP contribution in [0, 0.1) is 5.92 Å². The summed E-state index contributed by atoms with van der Waals surface area (Å²) in [6, 6.07) is 7.62. The quantitative estimate of drug-likeness (QED) is 0.812. The van der Waals surface area contributed by atoms with E-state index >= 15 is 0 Å². The van der Waals surface area contributed by atoms with Crippen molar-refractivity contribution in [1.29, 1.82) is 0 Å². The number of benzene rings is 1. The lowest BCUT2D eigenvalue weighted by Crippen LogP contribution is -2.37. The molecule has 0 bridgehead atoms. The Balaban J connectivity index is 1.62. The van der Waals surface area contributed by atoms with E-state index < -0.39 is 0 Å². The van der Waals surface area contributed by atoms with Crippen LogP contribution in [-0.2, 0) is 0 Å². The van der Waals surface area contributed by atoms with Gasteiger partial charge in [0.15, 0.2) is 0 Å². The van der Waals surface area contributed by atoms with Crippen LogP contribution in [0.3, 0.4) is 0 Å². The minimum Gasteiger partial charge on any atom is -0.393 e. The molecule has 1 heterocycles. The summed E-state index contributed by atoms with van der Waals surface area (Å²) in [6.45, 7) is 0.597. The first kappa shape index (κ1) is 13.9. The first-order chi connectivity index (χ1) is 10.1. The number of carbonyl (C=O) groups excluding carboxylic acids is 1. The van der Waals surface area contributed by atoms with Gasteiger partial charge in [0, 0.05) is 42.3 Å². The van der Waals surface area contributed by atoms with Crippen molar-refractivity contribution in [3.63, 3.8) is 0 Å². The highest BCUT2D eigenvalue weighted by Crippen LogP contribution is 2.26. The van der Waals surface area contributed by atoms with Crippen LogP contribution >= 0.6 is 0 Å². The number of aliphatic hydroxyl groups is 1. The van der Waals surface area contributed by atoms with Gasteiger partial charge in [0.1, 0.15) is 0 Å². The van der Waals surface area contributed by atoms with E-state index in [-0.39, 0.29) is 18.1 Å². The first-order valence-electron chi connectivity index (χ1n) is 7.41. The summed E-state index contributed by atoms with van der Waals surface area (Å²) in [7, 11) is 1.77. The van der Waals surface area contributed by atoms with Gasteiger partial charge in [-0.25, -0.2) is 4.79 Å². The number of hydrogen-bond donors (Lipinski definition) is 3. The van der Waals surface area contributed by atoms with Crippen molar-refractivity contribution < 1.29 is 9.90 Å². The fourth-order valence-corrected chi connectivity index (χ4v) is 3.01. The van der Waals surface area contributed by atoms with E-state index in [1.165, 1.54) is 0 Å². The summed E-state index contributed by atoms with van der Waals surface area (Å²) in [5, 5.41) is 13.8. The number of amides is 2. The van der Waals surface area contributed by atoms with Gasteiger partial charge in [-0.2, -0.15) is 0 Å². The van der Waals surface area contributed by atoms with Crippen LogP contribution in [-0.4, -0.2) is 40.7 Å². The van der Waals surface area contributed by atoms with E-state index in [4.69, 9.17) is 0 Å². The van der Waals surface area contributed by atoms with E-state index in [2.05, 4.69) is 10.3 Å². The second kappa shape index (κ2) is 5.77. The Morgan fingerprint density at radius 1 is 1.43 bits per heavy atom. The molecular weight excluding hydrogens is 266 g/mol. The van der Waals surface area contributed by atoms with E-state index in [9.17, 15) is 9.90 Å². The van der Waals surface area contributed by atoms with Gasteiger partial charge in [0.2, 0.25) is 0 Å². The Kier molecular flexibility index (Phi) is 3.84. The molecule has 1 aliphatic rings. The summed E-state index contributed by atoms with van der Waals surface area (Å²) in [5.41, 5.74) is 1.83. The lowest BCUT2D eigenvalue weighted by molar-refractivity contribution is 0.116. The van der Waals surface area contributed by atoms with E-state index in [1.807, 2.05) is 30.5 Å². The maximum atomic E-state index is 12.2. The monoisotopic (exact) mass is 287 g/mol. The summed E-state index contributed by atoms with van der Waals surface area (Å²) in [5.74, 6) is 0.202. The molecule has 3 rings (SSSR count). The Bertz CT molecular complexity index is 637. The zero-order chi connectivity index (χ0) is 14.8. The third kappa shape index (κ3) is 3.03. The molecule has 2 unspecified atom stereocenters. The predicted octanol–water partition coefficient (Wildman–Crippen LogP) is 2.79. The molecule has 1 aromatic heterocycles. The highest BCUT2D eigenvalue weighted by atomic mass is 16.3. The topological polar surface area (TPSA) is 68.4 Å². The summed E-state index contributed by atoms with van der Waals surface area (Å²) in [6.07, 6.45) is 4.50. The lowest BCUT2D eigenvalue weighted by atomic mass is 10.1. The Morgan fingerprint density at radius 2 is 2.29 bits per heavy atom. The molecule has 112 valence electrons. The van der Waals surface area contributed by atoms with Crippen LogP contribution in [0.2, 0.25) is 0 Å². The van der Waals surface area contributed by atoms with Crippen LogP contribution in [0.1, 0.15) is 19.3 Å². The number of aromatic nitrogens is 1. The normalized spacial score (nSPS) is 21.6. The van der Waals surface area contributed by atoms with Gasteiger partial charge >= 0.3 is 6.03 Å². The highest BCUT2D eigenvalue weighted by Gasteiger charge is 2.27. The minimum absolute atomic E-state index is 0.135. The summed E-state index contributed by atoms with van der Waals surface area (Å²) in [4.78, 5) is 17.0. The molecule has 3 N–H and O–H groups in total. The number of urea groups is 1. The number of hydrogen-bond acceptors (Lipinski definition) is 2. The van der Waals surface area contributed by atoms with Crippen molar-refractivity contribution in [1.82, 2.24) is 9.88 Å². The molecule has 2 amide bonds. The molecule has 1 aliphatic carbocycles. The van der Waals surface area contributed by atoms with Gasteiger partial charge in [-0.1, -0.05) is 6.42 Å². The Morgan fingerprint density at radius 3 is 3.05 bits per heavy atom. The van der Waals surface area contributed by atoms with Gasteiger partial charge in [-0.3, -0.25) is 0 Å². The summed E-state index contributed by atoms with van der Waals surface area (Å²) >= 11 is 0. The predicted molar refractivity (Wildman–Crippen MR) is 83.3 cm³/mol. The fourth-order valence-electron chi connectivity index (χ4n) is 3.01. The molecule has 2 atom stereocenters. The molecule has 2 aromatic rings. The number of carbonyl (C=O) groups is 1. The zero-order valence-corrected chi connectivity index (χ0v) is 12.2. The van der Waals surface area contributed by atoms with Crippen molar-refractivity contribution >= 4 is 22.6 Å². The second-order valence-corrected chi connectivity index (χ2v) is 5.85. The standard InChI is InChI=1S/C16H21N3O2/c1-19(10-12-3-2-4-15(12)20)16(21)18-13-5-6-14-11(9-13)7-8-17-14/h5-9,12,15,17,20H,2-4,10H2,1H3,(H,18,21). The van der Waals surface area contributed by atoms with Crippen molar-refractivity contribution in [3.8, 4) is 0 Å². The average molecular weight is 287 g/mol. The SMILES string of the molecule is CN(CC1CCCC1O)C(=O)Nc1ccc2[nH]ccc2c1. The minimum atomic E-state index is -0.267. The molecule has 1 saturated carbocycles. The number of rotatable bonds is 3. The van der Waals surface area contributed by atoms with Gasteiger partial charge < -0.3 is 20.3 Å². The van der Waals surface area contributed by atoms with Gasteiger partial charge in [0.25, 0.3) is 0 Å². The average Bonchev–Trinajstić information content (AvgIpc) is 3.07. The van der Waals surface area contributed by atoms with Crippen molar-refractivity contribution in [2.75, 3.05) is 18.9 Å². The van der Waals surface area contributed by atoms with Crippen molar-refractivity contribution in [2.45, 2.75) is 25.4 Å². The molecule has 0 saturated heterocycles. The van der Waals surface area contributed by atoms with Gasteiger partial charge in [-0.15, -0.1) is 0 Å². The Hall–Kier alpha value is -2.01. The van der Waals surface area contributed by atoms with Crippen LogP contribution < -0.4 is 5.32 Å². The smallest absolute Gasteiger partial charge is 0.321 e. The number of anilines is 1. The Labute approximate surface area is 124 Å². The largest absolute Gasteiger partial charge is 0.393 e. The van der Waals surface area contributed by atoms with Crippen LogP contribution in [0.25, 0.3) is 10.9 Å². The molecule has 1 fully saturated rings. The van der Waals surface area contributed by atoms with Gasteiger partial charge in [-0.05, 0) is 37.1 Å². The van der Waals surface area contributed by atoms with E-state index in [1.54, 1.807) is 11.9 Å². The van der Waals surface area contributed by atoms with Crippen LogP contribution in [0.15, 0.2) is 30.5 Å². The van der Waals surface area contributed by atoms with Crippen molar-refractivity contribution in [2.24, 2.45) is 5.92 Å². The number of aromatic amines is 1. The molecule has 5 nitrogen and oxygen atoms in total. The third-order valence-electron chi connectivity index (χ3n) is 4.28. The fraction of sp³-hybridized carbons (Fsp3) is 0.438. The number of nitrogens with one attached hydrogen (secondary N) is 2. The number of H-pyrrole nitrogens is 1. The highest BCUT2D eigenvalue weighted by molar-refractivity contribution is 5.92. The molecule has 0 radical (unpaired) electrons. The molecule has 21 heavy (non-hydrogen) atoms. The molecule has 0 aliphatic heterocycles. The molecule has 0 spiro atoms. The van der Waals surface area contributed by atoms with Crippen LogP contribution in [0.4, 0.5) is 10.5 Å². The zero-order valence-electron chi connectivity index (χ0n) is 12.2. The third-order valence-corrected chi connectivity index (χ3v) is 4.28. The lowest BCUT2D eigenvalue weighted by Gasteiger charge is -2.23. The maximum Gasteiger partial charge on any atom is 0.321 e. The maximum absolute atomic E-state index is 12.2. The van der Waals surface area contributed by atoms with E-state index in [0.717, 1.165) is 35.9 Å². The first-order valence-corrected chi connectivity index (χ1v) is 7.41. The molecule has 5 heteroatoms. The van der Waals surface area contributed by atoms with E-state index in [0.29, 0.717) is 6.54 Å². The summed E-state index contributed by atoms with van der Waals surface area (Å²) < 4.78 is 0. The second-order valence-electron chi connectivity index (χ2n) is 5.85. The number of fused-ring (bicyclic) bond motifs is 1.